The minimum Gasteiger partial charge on any atom is -0.478 e. The fourth-order valence-electron chi connectivity index (χ4n) is 1.24. The zero-order chi connectivity index (χ0) is 10.3. The molecule has 1 aromatic carbocycles. The molecule has 0 radical (unpaired) electrons. The van der Waals surface area contributed by atoms with Crippen LogP contribution in [-0.2, 0) is 0 Å². The molecule has 0 fully saturated rings. The third-order valence-electron chi connectivity index (χ3n) is 1.97. The van der Waals surface area contributed by atoms with Gasteiger partial charge in [-0.2, -0.15) is 0 Å². The Morgan fingerprint density at radius 2 is 2.29 bits per heavy atom. The van der Waals surface area contributed by atoms with Crippen LogP contribution < -0.4 is 0 Å². The Kier molecular flexibility index (Phi) is 1.73. The number of fused-ring (bicyclic) bond motifs is 1. The van der Waals surface area contributed by atoms with Gasteiger partial charge < -0.3 is 9.63 Å². The first-order valence-corrected chi connectivity index (χ1v) is 3.88. The Balaban J connectivity index is 2.79. The molecule has 0 aliphatic rings. The number of halogens is 1. The second-order valence-electron chi connectivity index (χ2n) is 2.90. The molecule has 0 amide bonds. The third-order valence-corrected chi connectivity index (χ3v) is 1.97. The molecule has 1 heterocycles. The highest BCUT2D eigenvalue weighted by Crippen LogP contribution is 2.21. The normalized spacial score (nSPS) is 10.7. The first-order chi connectivity index (χ1) is 6.59. The number of hydrogen-bond acceptors (Lipinski definition) is 3. The molecule has 0 bridgehead atoms. The van der Waals surface area contributed by atoms with Crippen molar-refractivity contribution in [2.45, 2.75) is 6.92 Å². The zero-order valence-corrected chi connectivity index (χ0v) is 7.24. The average molecular weight is 195 g/mol. The van der Waals surface area contributed by atoms with Crippen molar-refractivity contribution in [3.05, 3.63) is 29.2 Å². The van der Waals surface area contributed by atoms with Crippen molar-refractivity contribution in [2.24, 2.45) is 0 Å². The lowest BCUT2D eigenvalue weighted by molar-refractivity contribution is 0.0692. The van der Waals surface area contributed by atoms with Gasteiger partial charge >= 0.3 is 5.97 Å². The Labute approximate surface area is 77.9 Å². The van der Waals surface area contributed by atoms with Gasteiger partial charge in [0.2, 0.25) is 0 Å². The van der Waals surface area contributed by atoms with Crippen LogP contribution in [0.4, 0.5) is 4.39 Å². The third kappa shape index (κ3) is 1.14. The molecule has 2 rings (SSSR count). The summed E-state index contributed by atoms with van der Waals surface area (Å²) in [6, 6.07) is 2.25. The average Bonchev–Trinajstić information content (AvgIpc) is 2.46. The van der Waals surface area contributed by atoms with E-state index in [1.54, 1.807) is 6.92 Å². The van der Waals surface area contributed by atoms with Crippen LogP contribution in [0, 0.1) is 12.7 Å². The molecule has 0 aliphatic carbocycles. The maximum atomic E-state index is 13.2. The van der Waals surface area contributed by atoms with Crippen LogP contribution in [0.25, 0.3) is 11.0 Å². The van der Waals surface area contributed by atoms with E-state index < -0.39 is 17.3 Å². The fraction of sp³-hybridized carbons (Fsp3) is 0.111. The lowest BCUT2D eigenvalue weighted by Gasteiger charge is -1.95. The standard InChI is InChI=1S/C9H6FNO3/c1-4-5-2-7(10)6(9(12)13)3-8(5)14-11-4/h2-3H,1H3,(H,12,13). The number of aromatic nitrogens is 1. The molecule has 5 heteroatoms. The molecular formula is C9H6FNO3. The Morgan fingerprint density at radius 3 is 2.93 bits per heavy atom. The number of carboxylic acids is 1. The van der Waals surface area contributed by atoms with E-state index in [0.29, 0.717) is 11.1 Å². The molecule has 0 aliphatic heterocycles. The van der Waals surface area contributed by atoms with Gasteiger partial charge in [-0.25, -0.2) is 9.18 Å². The molecule has 4 nitrogen and oxygen atoms in total. The van der Waals surface area contributed by atoms with Crippen LogP contribution in [0.3, 0.4) is 0 Å². The molecule has 0 atom stereocenters. The molecule has 1 aromatic heterocycles. The Bertz CT molecular complexity index is 518. The van der Waals surface area contributed by atoms with Crippen molar-refractivity contribution >= 4 is 16.9 Å². The summed E-state index contributed by atoms with van der Waals surface area (Å²) in [5.41, 5.74) is 0.408. The van der Waals surface area contributed by atoms with Gasteiger partial charge in [0.15, 0.2) is 5.58 Å². The summed E-state index contributed by atoms with van der Waals surface area (Å²) >= 11 is 0. The second kappa shape index (κ2) is 2.80. The van der Waals surface area contributed by atoms with E-state index in [0.717, 1.165) is 12.1 Å². The highest BCUT2D eigenvalue weighted by atomic mass is 19.1. The van der Waals surface area contributed by atoms with E-state index in [1.165, 1.54) is 0 Å². The van der Waals surface area contributed by atoms with E-state index in [4.69, 9.17) is 9.63 Å². The van der Waals surface area contributed by atoms with Gasteiger partial charge in [-0.15, -0.1) is 0 Å². The summed E-state index contributed by atoms with van der Waals surface area (Å²) in [6.45, 7) is 1.66. The van der Waals surface area contributed by atoms with Crippen molar-refractivity contribution in [3.63, 3.8) is 0 Å². The first kappa shape index (κ1) is 8.68. The summed E-state index contributed by atoms with van der Waals surface area (Å²) in [5, 5.41) is 12.7. The molecule has 0 saturated carbocycles. The van der Waals surface area contributed by atoms with E-state index in [2.05, 4.69) is 5.16 Å². The topological polar surface area (TPSA) is 63.3 Å². The van der Waals surface area contributed by atoms with Gasteiger partial charge in [-0.3, -0.25) is 0 Å². The molecular weight excluding hydrogens is 189 g/mol. The Morgan fingerprint density at radius 1 is 1.57 bits per heavy atom. The minimum absolute atomic E-state index is 0.279. The maximum Gasteiger partial charge on any atom is 0.338 e. The monoisotopic (exact) mass is 195 g/mol. The number of aromatic carboxylic acids is 1. The largest absolute Gasteiger partial charge is 0.478 e. The van der Waals surface area contributed by atoms with Crippen LogP contribution in [0.2, 0.25) is 0 Å². The quantitative estimate of drug-likeness (QED) is 0.755. The van der Waals surface area contributed by atoms with Crippen LogP contribution in [-0.4, -0.2) is 16.2 Å². The van der Waals surface area contributed by atoms with Gasteiger partial charge in [0.25, 0.3) is 0 Å². The van der Waals surface area contributed by atoms with Crippen molar-refractivity contribution in [1.29, 1.82) is 0 Å². The number of carboxylic acid groups (broad SMARTS) is 1. The summed E-state index contributed by atoms with van der Waals surface area (Å²) in [7, 11) is 0. The van der Waals surface area contributed by atoms with Crippen molar-refractivity contribution in [3.8, 4) is 0 Å². The predicted molar refractivity (Wildman–Crippen MR) is 45.7 cm³/mol. The number of carbonyl (C=O) groups is 1. The van der Waals surface area contributed by atoms with E-state index in [1.807, 2.05) is 0 Å². The maximum absolute atomic E-state index is 13.2. The fourth-order valence-corrected chi connectivity index (χ4v) is 1.24. The number of hydrogen-bond donors (Lipinski definition) is 1. The molecule has 2 aromatic rings. The molecule has 1 N–H and O–H groups in total. The van der Waals surface area contributed by atoms with Crippen molar-refractivity contribution in [2.75, 3.05) is 0 Å². The van der Waals surface area contributed by atoms with Crippen molar-refractivity contribution < 1.29 is 18.8 Å². The highest BCUT2D eigenvalue weighted by Gasteiger charge is 2.14. The summed E-state index contributed by atoms with van der Waals surface area (Å²) in [5.74, 6) is -2.10. The van der Waals surface area contributed by atoms with Gasteiger partial charge in [0.1, 0.15) is 5.82 Å². The van der Waals surface area contributed by atoms with Crippen LogP contribution in [0.15, 0.2) is 16.7 Å². The Hall–Kier alpha value is -1.91. The summed E-state index contributed by atoms with van der Waals surface area (Å²) in [4.78, 5) is 10.6. The molecule has 0 saturated heterocycles. The number of aryl methyl sites for hydroxylation is 1. The number of benzene rings is 1. The van der Waals surface area contributed by atoms with Gasteiger partial charge in [0, 0.05) is 11.5 Å². The first-order valence-electron chi connectivity index (χ1n) is 3.88. The SMILES string of the molecule is Cc1noc2cc(C(=O)O)c(F)cc12. The predicted octanol–water partition coefficient (Wildman–Crippen LogP) is 1.97. The smallest absolute Gasteiger partial charge is 0.338 e. The molecule has 72 valence electrons. The van der Waals surface area contributed by atoms with Gasteiger partial charge in [-0.05, 0) is 13.0 Å². The van der Waals surface area contributed by atoms with E-state index in [-0.39, 0.29) is 5.58 Å². The van der Waals surface area contributed by atoms with Gasteiger partial charge in [0.05, 0.1) is 11.3 Å². The molecule has 14 heavy (non-hydrogen) atoms. The lowest BCUT2D eigenvalue weighted by atomic mass is 10.1. The lowest BCUT2D eigenvalue weighted by Crippen LogP contribution is -1.99. The van der Waals surface area contributed by atoms with Crippen molar-refractivity contribution in [1.82, 2.24) is 5.16 Å². The van der Waals surface area contributed by atoms with Gasteiger partial charge in [-0.1, -0.05) is 5.16 Å². The summed E-state index contributed by atoms with van der Waals surface area (Å²) in [6.07, 6.45) is 0. The summed E-state index contributed by atoms with van der Waals surface area (Å²) < 4.78 is 18.0. The molecule has 0 spiro atoms. The van der Waals surface area contributed by atoms with E-state index >= 15 is 0 Å². The zero-order valence-electron chi connectivity index (χ0n) is 7.24. The van der Waals surface area contributed by atoms with Crippen LogP contribution >= 0.6 is 0 Å². The number of rotatable bonds is 1. The van der Waals surface area contributed by atoms with E-state index in [9.17, 15) is 9.18 Å². The number of nitrogens with zero attached hydrogens (tertiary/aromatic N) is 1. The molecule has 0 unspecified atom stereocenters. The second-order valence-corrected chi connectivity index (χ2v) is 2.90. The van der Waals surface area contributed by atoms with Crippen LogP contribution in [0.1, 0.15) is 16.1 Å². The minimum atomic E-state index is -1.32. The highest BCUT2D eigenvalue weighted by molar-refractivity contribution is 5.93. The van der Waals surface area contributed by atoms with Crippen LogP contribution in [0.5, 0.6) is 0 Å².